The maximum Gasteiger partial charge on any atom is 0.158 e. The molecule has 6 heteroatoms. The molecule has 0 aliphatic rings. The smallest absolute Gasteiger partial charge is 0.158 e. The minimum Gasteiger partial charge on any atom is -0.494 e. The summed E-state index contributed by atoms with van der Waals surface area (Å²) in [5, 5.41) is 14.6. The van der Waals surface area contributed by atoms with Crippen LogP contribution < -0.4 is 14.8 Å². The fourth-order valence-electron chi connectivity index (χ4n) is 3.76. The molecule has 2 heterocycles. The van der Waals surface area contributed by atoms with E-state index in [2.05, 4.69) is 40.9 Å². The van der Waals surface area contributed by atoms with Gasteiger partial charge in [-0.05, 0) is 46.2 Å². The van der Waals surface area contributed by atoms with Gasteiger partial charge in [0.2, 0.25) is 0 Å². The lowest BCUT2D eigenvalue weighted by atomic mass is 10.1. The topological polar surface area (TPSA) is 61.2 Å². The maximum atomic E-state index is 5.68. The lowest BCUT2D eigenvalue weighted by molar-refractivity contribution is 0.336. The van der Waals surface area contributed by atoms with Crippen LogP contribution in [0.25, 0.3) is 16.5 Å². The number of ether oxygens (including phenoxy) is 2. The third-order valence-electron chi connectivity index (χ3n) is 5.07. The van der Waals surface area contributed by atoms with Crippen LogP contribution in [0, 0.1) is 20.8 Å². The van der Waals surface area contributed by atoms with E-state index in [0.717, 1.165) is 70.2 Å². The predicted molar refractivity (Wildman–Crippen MR) is 114 cm³/mol. The van der Waals surface area contributed by atoms with Crippen LogP contribution >= 0.6 is 0 Å². The van der Waals surface area contributed by atoms with Gasteiger partial charge in [0, 0.05) is 34.8 Å². The van der Waals surface area contributed by atoms with Crippen molar-refractivity contribution in [1.29, 1.82) is 0 Å². The van der Waals surface area contributed by atoms with Crippen LogP contribution in [-0.4, -0.2) is 35.0 Å². The number of nitrogens with zero attached hydrogens (tertiary/aromatic N) is 3. The van der Waals surface area contributed by atoms with Gasteiger partial charge >= 0.3 is 0 Å². The molecule has 0 fully saturated rings. The van der Waals surface area contributed by atoms with E-state index in [1.54, 1.807) is 7.11 Å². The molecule has 0 aliphatic heterocycles. The van der Waals surface area contributed by atoms with Gasteiger partial charge in [0.25, 0.3) is 0 Å². The molecule has 6 nitrogen and oxygen atoms in total. The monoisotopic (exact) mass is 382 g/mol. The molecule has 0 bridgehead atoms. The largest absolute Gasteiger partial charge is 0.494 e. The molecular formula is C22H30N4O2. The Morgan fingerprint density at radius 1 is 1.04 bits per heavy atom. The average molecular weight is 383 g/mol. The highest BCUT2D eigenvalue weighted by atomic mass is 16.5. The van der Waals surface area contributed by atoms with Crippen molar-refractivity contribution < 1.29 is 9.47 Å². The molecule has 1 aromatic carbocycles. The molecular weight excluding hydrogens is 352 g/mol. The van der Waals surface area contributed by atoms with Gasteiger partial charge < -0.3 is 19.4 Å². The number of aryl methyl sites for hydroxylation is 3. The Labute approximate surface area is 166 Å². The number of aromatic nitrogens is 3. The molecule has 2 aromatic heterocycles. The van der Waals surface area contributed by atoms with Crippen LogP contribution in [0.4, 0.5) is 5.82 Å². The fourth-order valence-corrected chi connectivity index (χ4v) is 3.76. The van der Waals surface area contributed by atoms with Crippen molar-refractivity contribution >= 4 is 16.6 Å². The second-order valence-electron chi connectivity index (χ2n) is 6.94. The molecule has 0 saturated carbocycles. The lowest BCUT2D eigenvalue weighted by Crippen LogP contribution is -2.05. The number of anilines is 1. The molecule has 0 atom stereocenters. The van der Waals surface area contributed by atoms with Crippen LogP contribution in [0.3, 0.4) is 0 Å². The van der Waals surface area contributed by atoms with Crippen LogP contribution in [0.1, 0.15) is 43.8 Å². The molecule has 1 N–H and O–H groups in total. The summed E-state index contributed by atoms with van der Waals surface area (Å²) in [5.74, 6) is 2.42. The molecule has 0 radical (unpaired) electrons. The molecule has 0 unspecified atom stereocenters. The zero-order chi connectivity index (χ0) is 20.3. The summed E-state index contributed by atoms with van der Waals surface area (Å²) in [6.07, 6.45) is 2.24. The summed E-state index contributed by atoms with van der Waals surface area (Å²) in [6, 6.07) is 5.96. The van der Waals surface area contributed by atoms with Gasteiger partial charge in [0.15, 0.2) is 5.82 Å². The van der Waals surface area contributed by atoms with Crippen molar-refractivity contribution in [2.45, 2.75) is 47.5 Å². The summed E-state index contributed by atoms with van der Waals surface area (Å²) >= 11 is 0. The molecule has 0 aliphatic carbocycles. The summed E-state index contributed by atoms with van der Waals surface area (Å²) in [7, 11) is 1.69. The molecule has 0 spiro atoms. The van der Waals surface area contributed by atoms with Crippen molar-refractivity contribution in [2.24, 2.45) is 0 Å². The highest BCUT2D eigenvalue weighted by Gasteiger charge is 2.21. The SMILES string of the molecule is CCCCNc1nnc(C)c2c(C)n(-c3ccc(OCC)cc3OC)c(C)c12. The highest BCUT2D eigenvalue weighted by molar-refractivity contribution is 5.98. The minimum absolute atomic E-state index is 0.622. The van der Waals surface area contributed by atoms with Crippen LogP contribution in [-0.2, 0) is 0 Å². The summed E-state index contributed by atoms with van der Waals surface area (Å²) in [5.41, 5.74) is 4.16. The van der Waals surface area contributed by atoms with Crippen molar-refractivity contribution in [1.82, 2.24) is 14.8 Å². The Balaban J connectivity index is 2.20. The molecule has 3 aromatic rings. The van der Waals surface area contributed by atoms with Gasteiger partial charge in [-0.2, -0.15) is 5.10 Å². The van der Waals surface area contributed by atoms with E-state index >= 15 is 0 Å². The van der Waals surface area contributed by atoms with E-state index in [1.165, 1.54) is 0 Å². The van der Waals surface area contributed by atoms with Crippen LogP contribution in [0.15, 0.2) is 18.2 Å². The third-order valence-corrected chi connectivity index (χ3v) is 5.07. The van der Waals surface area contributed by atoms with Crippen LogP contribution in [0.5, 0.6) is 11.5 Å². The summed E-state index contributed by atoms with van der Waals surface area (Å²) in [4.78, 5) is 0. The van der Waals surface area contributed by atoms with E-state index in [-0.39, 0.29) is 0 Å². The number of hydrogen-bond donors (Lipinski definition) is 1. The fraction of sp³-hybridized carbons (Fsp3) is 0.455. The van der Waals surface area contributed by atoms with E-state index in [4.69, 9.17) is 9.47 Å². The predicted octanol–water partition coefficient (Wildman–Crippen LogP) is 4.97. The minimum atomic E-state index is 0.622. The first-order valence-corrected chi connectivity index (χ1v) is 9.93. The first-order valence-electron chi connectivity index (χ1n) is 9.93. The Kier molecular flexibility index (Phi) is 6.07. The normalized spacial score (nSPS) is 11.1. The number of rotatable bonds is 8. The Bertz CT molecular complexity index is 979. The summed E-state index contributed by atoms with van der Waals surface area (Å²) in [6.45, 7) is 11.9. The number of fused-ring (bicyclic) bond motifs is 1. The first kappa shape index (κ1) is 20.0. The third kappa shape index (κ3) is 3.51. The Morgan fingerprint density at radius 2 is 1.79 bits per heavy atom. The molecule has 150 valence electrons. The van der Waals surface area contributed by atoms with Crippen molar-refractivity contribution in [3.63, 3.8) is 0 Å². The van der Waals surface area contributed by atoms with E-state index < -0.39 is 0 Å². The zero-order valence-corrected chi connectivity index (χ0v) is 17.7. The number of methoxy groups -OCH3 is 1. The molecule has 0 saturated heterocycles. The number of nitrogens with one attached hydrogen (secondary N) is 1. The molecule has 3 rings (SSSR count). The Hall–Kier alpha value is -2.76. The van der Waals surface area contributed by atoms with Gasteiger partial charge in [-0.3, -0.25) is 0 Å². The standard InChI is InChI=1S/C22H30N4O2/c1-7-9-12-23-22-21-16(5)26(15(4)20(21)14(3)24-25-22)18-11-10-17(28-8-2)13-19(18)27-6/h10-11,13H,7-9,12H2,1-6H3,(H,23,25). The molecule has 28 heavy (non-hydrogen) atoms. The highest BCUT2D eigenvalue weighted by Crippen LogP contribution is 2.37. The average Bonchev–Trinajstić information content (AvgIpc) is 2.95. The quantitative estimate of drug-likeness (QED) is 0.558. The van der Waals surface area contributed by atoms with Gasteiger partial charge in [-0.25, -0.2) is 0 Å². The van der Waals surface area contributed by atoms with Gasteiger partial charge in [-0.1, -0.05) is 13.3 Å². The second-order valence-corrected chi connectivity index (χ2v) is 6.94. The lowest BCUT2D eigenvalue weighted by Gasteiger charge is -2.15. The number of benzene rings is 1. The maximum absolute atomic E-state index is 5.68. The second kappa shape index (κ2) is 8.50. The van der Waals surface area contributed by atoms with E-state index in [9.17, 15) is 0 Å². The van der Waals surface area contributed by atoms with Crippen molar-refractivity contribution in [3.8, 4) is 17.2 Å². The van der Waals surface area contributed by atoms with E-state index in [1.807, 2.05) is 32.0 Å². The van der Waals surface area contributed by atoms with Gasteiger partial charge in [0.1, 0.15) is 11.5 Å². The number of hydrogen-bond acceptors (Lipinski definition) is 5. The van der Waals surface area contributed by atoms with Crippen LogP contribution in [0.2, 0.25) is 0 Å². The van der Waals surface area contributed by atoms with Crippen molar-refractivity contribution in [3.05, 3.63) is 35.3 Å². The number of unbranched alkanes of at least 4 members (excludes halogenated alkanes) is 1. The van der Waals surface area contributed by atoms with Gasteiger partial charge in [-0.15, -0.1) is 5.10 Å². The summed E-state index contributed by atoms with van der Waals surface area (Å²) < 4.78 is 13.5. The van der Waals surface area contributed by atoms with Gasteiger partial charge in [0.05, 0.1) is 25.1 Å². The van der Waals surface area contributed by atoms with Crippen molar-refractivity contribution in [2.75, 3.05) is 25.6 Å². The zero-order valence-electron chi connectivity index (χ0n) is 17.7. The van der Waals surface area contributed by atoms with E-state index in [0.29, 0.717) is 6.61 Å². The molecule has 0 amide bonds. The first-order chi connectivity index (χ1) is 13.5. The Morgan fingerprint density at radius 3 is 2.46 bits per heavy atom.